The Balaban J connectivity index is 1.82. The molecule has 6 heteroatoms. The van der Waals surface area contributed by atoms with Crippen LogP contribution in [0.1, 0.15) is 0 Å². The van der Waals surface area contributed by atoms with Crippen molar-refractivity contribution in [2.45, 2.75) is 0 Å². The molecule has 0 saturated carbocycles. The van der Waals surface area contributed by atoms with Crippen molar-refractivity contribution in [3.8, 4) is 11.3 Å². The Morgan fingerprint density at radius 1 is 1.11 bits per heavy atom. The Bertz CT molecular complexity index is 623. The number of pyridine rings is 1. The fourth-order valence-corrected chi connectivity index (χ4v) is 2.19. The largest absolute Gasteiger partial charge is 0.300 e. The highest BCUT2D eigenvalue weighted by Crippen LogP contribution is 2.25. The number of hydrogen-bond donors (Lipinski definition) is 1. The second kappa shape index (κ2) is 4.89. The SMILES string of the molecule is c1cnc(Nc2nc(-c3cc[nH+]cc3)cs2)nc1. The lowest BCUT2D eigenvalue weighted by Gasteiger charge is -1.98. The van der Waals surface area contributed by atoms with Gasteiger partial charge in [0.25, 0.3) is 0 Å². The van der Waals surface area contributed by atoms with E-state index >= 15 is 0 Å². The molecule has 88 valence electrons. The van der Waals surface area contributed by atoms with Gasteiger partial charge in [-0.15, -0.1) is 11.3 Å². The number of hydrogen-bond acceptors (Lipinski definition) is 5. The number of nitrogens with one attached hydrogen (secondary N) is 2. The number of thiazole rings is 1. The molecule has 0 aliphatic carbocycles. The zero-order valence-electron chi connectivity index (χ0n) is 9.37. The van der Waals surface area contributed by atoms with Gasteiger partial charge in [-0.2, -0.15) is 0 Å². The standard InChI is InChI=1S/C12H9N5S/c1-4-14-11(15-5-1)17-12-16-10(8-18-12)9-2-6-13-7-3-9/h1-8H,(H,14,15,16,17)/p+1. The zero-order chi connectivity index (χ0) is 12.2. The van der Waals surface area contributed by atoms with Gasteiger partial charge in [0.15, 0.2) is 17.5 Å². The van der Waals surface area contributed by atoms with E-state index in [0.717, 1.165) is 16.4 Å². The monoisotopic (exact) mass is 256 g/mol. The highest BCUT2D eigenvalue weighted by atomic mass is 32.1. The van der Waals surface area contributed by atoms with Crippen molar-refractivity contribution >= 4 is 22.4 Å². The molecule has 2 N–H and O–H groups in total. The first-order valence-corrected chi connectivity index (χ1v) is 6.26. The summed E-state index contributed by atoms with van der Waals surface area (Å²) in [6.07, 6.45) is 7.14. The van der Waals surface area contributed by atoms with E-state index in [0.29, 0.717) is 5.95 Å². The van der Waals surface area contributed by atoms with Crippen LogP contribution in [0.5, 0.6) is 0 Å². The maximum Gasteiger partial charge on any atom is 0.228 e. The third-order valence-corrected chi connectivity index (χ3v) is 3.06. The second-order valence-corrected chi connectivity index (χ2v) is 4.38. The van der Waals surface area contributed by atoms with Crippen LogP contribution in [-0.4, -0.2) is 15.0 Å². The molecule has 18 heavy (non-hydrogen) atoms. The van der Waals surface area contributed by atoms with Crippen molar-refractivity contribution in [1.29, 1.82) is 0 Å². The molecule has 3 aromatic heterocycles. The van der Waals surface area contributed by atoms with Crippen molar-refractivity contribution in [1.82, 2.24) is 15.0 Å². The van der Waals surface area contributed by atoms with Crippen molar-refractivity contribution in [3.05, 3.63) is 48.4 Å². The molecule has 0 bridgehead atoms. The number of nitrogens with zero attached hydrogens (tertiary/aromatic N) is 3. The van der Waals surface area contributed by atoms with Gasteiger partial charge < -0.3 is 5.32 Å². The van der Waals surface area contributed by atoms with E-state index in [4.69, 9.17) is 0 Å². The lowest BCUT2D eigenvalue weighted by atomic mass is 10.2. The van der Waals surface area contributed by atoms with E-state index in [2.05, 4.69) is 25.3 Å². The summed E-state index contributed by atoms with van der Waals surface area (Å²) in [5.74, 6) is 0.555. The van der Waals surface area contributed by atoms with Gasteiger partial charge in [-0.3, -0.25) is 0 Å². The maximum atomic E-state index is 4.49. The second-order valence-electron chi connectivity index (χ2n) is 3.52. The van der Waals surface area contributed by atoms with Crippen LogP contribution in [0.25, 0.3) is 11.3 Å². The zero-order valence-corrected chi connectivity index (χ0v) is 10.2. The molecule has 0 aromatic carbocycles. The van der Waals surface area contributed by atoms with Crippen LogP contribution < -0.4 is 10.3 Å². The minimum Gasteiger partial charge on any atom is -0.300 e. The summed E-state index contributed by atoms with van der Waals surface area (Å²) in [6.45, 7) is 0. The molecular weight excluding hydrogens is 246 g/mol. The molecule has 0 aliphatic heterocycles. The molecule has 0 amide bonds. The molecule has 0 unspecified atom stereocenters. The van der Waals surface area contributed by atoms with E-state index in [1.54, 1.807) is 18.5 Å². The smallest absolute Gasteiger partial charge is 0.228 e. The molecule has 3 aromatic rings. The average Bonchev–Trinajstić information content (AvgIpc) is 2.89. The summed E-state index contributed by atoms with van der Waals surface area (Å²) >= 11 is 1.53. The number of anilines is 2. The normalized spacial score (nSPS) is 10.2. The molecule has 0 saturated heterocycles. The minimum absolute atomic E-state index is 0.555. The van der Waals surface area contributed by atoms with E-state index in [9.17, 15) is 0 Å². The molecule has 0 aliphatic rings. The van der Waals surface area contributed by atoms with E-state index in [-0.39, 0.29) is 0 Å². The van der Waals surface area contributed by atoms with Crippen molar-refractivity contribution in [2.75, 3.05) is 5.32 Å². The number of aromatic nitrogens is 4. The molecule has 0 atom stereocenters. The van der Waals surface area contributed by atoms with Gasteiger partial charge in [-0.05, 0) is 6.07 Å². The summed E-state index contributed by atoms with van der Waals surface area (Å²) in [5.41, 5.74) is 2.01. The summed E-state index contributed by atoms with van der Waals surface area (Å²) in [4.78, 5) is 15.7. The van der Waals surface area contributed by atoms with Crippen molar-refractivity contribution in [2.24, 2.45) is 0 Å². The number of H-pyrrole nitrogens is 1. The van der Waals surface area contributed by atoms with Crippen molar-refractivity contribution in [3.63, 3.8) is 0 Å². The van der Waals surface area contributed by atoms with Crippen LogP contribution in [0.4, 0.5) is 11.1 Å². The third kappa shape index (κ3) is 2.33. The van der Waals surface area contributed by atoms with E-state index < -0.39 is 0 Å². The first-order chi connectivity index (χ1) is 8.92. The fourth-order valence-electron chi connectivity index (χ4n) is 1.48. The Morgan fingerprint density at radius 3 is 2.67 bits per heavy atom. The van der Waals surface area contributed by atoms with Crippen LogP contribution in [-0.2, 0) is 0 Å². The first kappa shape index (κ1) is 10.8. The van der Waals surface area contributed by atoms with Gasteiger partial charge in [0.2, 0.25) is 5.95 Å². The average molecular weight is 256 g/mol. The quantitative estimate of drug-likeness (QED) is 0.780. The predicted molar refractivity (Wildman–Crippen MR) is 69.4 cm³/mol. The Labute approximate surface area is 108 Å². The van der Waals surface area contributed by atoms with Gasteiger partial charge in [0.1, 0.15) is 0 Å². The topological polar surface area (TPSA) is 64.8 Å². The summed E-state index contributed by atoms with van der Waals surface area (Å²) in [6, 6.07) is 5.74. The lowest BCUT2D eigenvalue weighted by molar-refractivity contribution is -0.377. The first-order valence-electron chi connectivity index (χ1n) is 5.38. The molecule has 0 fully saturated rings. The van der Waals surface area contributed by atoms with E-state index in [1.165, 1.54) is 11.3 Å². The molecule has 5 nitrogen and oxygen atoms in total. The van der Waals surface area contributed by atoms with Crippen LogP contribution in [0, 0.1) is 0 Å². The molecule has 0 spiro atoms. The molecule has 3 rings (SSSR count). The third-order valence-electron chi connectivity index (χ3n) is 2.30. The predicted octanol–water partition coefficient (Wildman–Crippen LogP) is 2.16. The highest BCUT2D eigenvalue weighted by molar-refractivity contribution is 7.14. The van der Waals surface area contributed by atoms with Gasteiger partial charge in [0.05, 0.1) is 5.69 Å². The highest BCUT2D eigenvalue weighted by Gasteiger charge is 2.05. The Morgan fingerprint density at radius 2 is 1.89 bits per heavy atom. The number of aromatic amines is 1. The molecule has 0 radical (unpaired) electrons. The molecular formula is C12H10N5S+. The van der Waals surface area contributed by atoms with Crippen molar-refractivity contribution < 1.29 is 4.98 Å². The summed E-state index contributed by atoms with van der Waals surface area (Å²) in [7, 11) is 0. The van der Waals surface area contributed by atoms with Gasteiger partial charge in [-0.25, -0.2) is 19.9 Å². The minimum atomic E-state index is 0.555. The Kier molecular flexibility index (Phi) is 2.93. The maximum absolute atomic E-state index is 4.49. The fraction of sp³-hybridized carbons (Fsp3) is 0. The van der Waals surface area contributed by atoms with Gasteiger partial charge in [0, 0.05) is 35.5 Å². The lowest BCUT2D eigenvalue weighted by Crippen LogP contribution is -1.97. The summed E-state index contributed by atoms with van der Waals surface area (Å²) in [5, 5.41) is 5.85. The van der Waals surface area contributed by atoms with E-state index in [1.807, 2.05) is 29.9 Å². The summed E-state index contributed by atoms with van der Waals surface area (Å²) < 4.78 is 0. The number of rotatable bonds is 3. The van der Waals surface area contributed by atoms with Gasteiger partial charge >= 0.3 is 0 Å². The van der Waals surface area contributed by atoms with Crippen LogP contribution in [0.15, 0.2) is 48.4 Å². The van der Waals surface area contributed by atoms with Crippen LogP contribution in [0.2, 0.25) is 0 Å². The van der Waals surface area contributed by atoms with Gasteiger partial charge in [-0.1, -0.05) is 0 Å². The van der Waals surface area contributed by atoms with Crippen LogP contribution in [0.3, 0.4) is 0 Å². The molecule has 3 heterocycles. The van der Waals surface area contributed by atoms with Crippen LogP contribution >= 0.6 is 11.3 Å². The Hall–Kier alpha value is -2.34.